The van der Waals surface area contributed by atoms with Gasteiger partial charge >= 0.3 is 0 Å². The van der Waals surface area contributed by atoms with E-state index in [-0.39, 0.29) is 17.4 Å². The van der Waals surface area contributed by atoms with Gasteiger partial charge in [0.2, 0.25) is 0 Å². The van der Waals surface area contributed by atoms with Crippen LogP contribution in [0.1, 0.15) is 36.2 Å². The zero-order valence-electron chi connectivity index (χ0n) is 12.7. The van der Waals surface area contributed by atoms with Crippen LogP contribution < -0.4 is 5.32 Å². The molecule has 1 aliphatic rings. The molecule has 1 aliphatic heterocycles. The summed E-state index contributed by atoms with van der Waals surface area (Å²) in [6, 6.07) is 4.51. The lowest BCUT2D eigenvalue weighted by Crippen LogP contribution is -2.34. The van der Waals surface area contributed by atoms with E-state index in [0.717, 1.165) is 5.56 Å². The second-order valence-electron chi connectivity index (χ2n) is 5.83. The molecule has 116 valence electrons. The van der Waals surface area contributed by atoms with Gasteiger partial charge in [0.25, 0.3) is 5.91 Å². The first-order valence-electron chi connectivity index (χ1n) is 7.22. The third-order valence-electron chi connectivity index (χ3n) is 3.59. The number of amides is 1. The zero-order chi connectivity index (χ0) is 15.5. The molecule has 0 bridgehead atoms. The molecule has 1 N–H and O–H groups in total. The minimum absolute atomic E-state index is 0.0850. The molecular weight excluding hydrogens is 273 g/mol. The number of nitrogens with one attached hydrogen (secondary N) is 1. The molecule has 1 unspecified atom stereocenters. The van der Waals surface area contributed by atoms with E-state index in [9.17, 15) is 9.18 Å². The van der Waals surface area contributed by atoms with Crippen LogP contribution in [0.15, 0.2) is 18.2 Å². The van der Waals surface area contributed by atoms with E-state index in [2.05, 4.69) is 5.32 Å². The number of halogens is 1. The molecule has 0 spiro atoms. The number of carbonyl (C=O) groups excluding carboxylic acids is 1. The zero-order valence-corrected chi connectivity index (χ0v) is 12.7. The highest BCUT2D eigenvalue weighted by molar-refractivity contribution is 5.94. The summed E-state index contributed by atoms with van der Waals surface area (Å²) in [5, 5.41) is 2.77. The van der Waals surface area contributed by atoms with Crippen molar-refractivity contribution in [2.75, 3.05) is 19.8 Å². The van der Waals surface area contributed by atoms with Gasteiger partial charge in [0.1, 0.15) is 5.82 Å². The number of rotatable bonds is 5. The van der Waals surface area contributed by atoms with Crippen molar-refractivity contribution in [3.05, 3.63) is 35.1 Å². The molecule has 2 rings (SSSR count). The fraction of sp³-hybridized carbons (Fsp3) is 0.562. The van der Waals surface area contributed by atoms with Crippen LogP contribution in [0, 0.1) is 18.7 Å². The molecule has 1 fully saturated rings. The largest absolute Gasteiger partial charge is 0.352 e. The number of carbonyl (C=O) groups is 1. The first-order chi connectivity index (χ1) is 9.89. The van der Waals surface area contributed by atoms with E-state index in [4.69, 9.17) is 9.47 Å². The summed E-state index contributed by atoms with van der Waals surface area (Å²) in [6.45, 7) is 7.39. The van der Waals surface area contributed by atoms with Crippen LogP contribution >= 0.6 is 0 Å². The van der Waals surface area contributed by atoms with Gasteiger partial charge in [0.05, 0.1) is 18.8 Å². The van der Waals surface area contributed by atoms with Crippen LogP contribution in [0.3, 0.4) is 0 Å². The monoisotopic (exact) mass is 295 g/mol. The molecule has 1 heterocycles. The first-order valence-corrected chi connectivity index (χ1v) is 7.22. The predicted octanol–water partition coefficient (Wildman–Crippen LogP) is 2.65. The average Bonchev–Trinajstić information content (AvgIpc) is 2.85. The summed E-state index contributed by atoms with van der Waals surface area (Å²) >= 11 is 0. The maximum absolute atomic E-state index is 13.6. The molecule has 1 amide bonds. The summed E-state index contributed by atoms with van der Waals surface area (Å²) in [4.78, 5) is 12.0. The van der Waals surface area contributed by atoms with Crippen molar-refractivity contribution in [1.29, 1.82) is 0 Å². The Kier molecular flexibility index (Phi) is 4.96. The molecule has 1 aromatic rings. The fourth-order valence-electron chi connectivity index (χ4n) is 2.56. The number of ether oxygens (including phenoxy) is 2. The van der Waals surface area contributed by atoms with Crippen molar-refractivity contribution in [3.8, 4) is 0 Å². The van der Waals surface area contributed by atoms with Gasteiger partial charge in [-0.05, 0) is 31.9 Å². The van der Waals surface area contributed by atoms with E-state index in [1.807, 2.05) is 20.8 Å². The second-order valence-corrected chi connectivity index (χ2v) is 5.83. The summed E-state index contributed by atoms with van der Waals surface area (Å²) < 4.78 is 24.7. The van der Waals surface area contributed by atoms with Crippen molar-refractivity contribution in [2.45, 2.75) is 33.0 Å². The van der Waals surface area contributed by atoms with E-state index in [1.165, 1.54) is 6.07 Å². The molecule has 0 radical (unpaired) electrons. The van der Waals surface area contributed by atoms with Crippen LogP contribution in [0.2, 0.25) is 0 Å². The SMILES string of the molecule is Cc1ccc(F)c(C(=O)NCC(C)CC2(C)OCCO2)c1. The Morgan fingerprint density at radius 1 is 1.43 bits per heavy atom. The van der Waals surface area contributed by atoms with Crippen molar-refractivity contribution >= 4 is 5.91 Å². The number of hydrogen-bond acceptors (Lipinski definition) is 3. The lowest BCUT2D eigenvalue weighted by molar-refractivity contribution is -0.153. The highest BCUT2D eigenvalue weighted by Crippen LogP contribution is 2.26. The minimum Gasteiger partial charge on any atom is -0.352 e. The Bertz CT molecular complexity index is 512. The minimum atomic E-state index is -0.571. The highest BCUT2D eigenvalue weighted by Gasteiger charge is 2.32. The summed E-state index contributed by atoms with van der Waals surface area (Å²) in [5.74, 6) is -1.29. The topological polar surface area (TPSA) is 47.6 Å². The molecule has 21 heavy (non-hydrogen) atoms. The number of aryl methyl sites for hydroxylation is 1. The Labute approximate surface area is 124 Å². The molecule has 0 aromatic heterocycles. The van der Waals surface area contributed by atoms with Crippen molar-refractivity contribution in [1.82, 2.24) is 5.32 Å². The molecule has 1 saturated heterocycles. The molecule has 4 nitrogen and oxygen atoms in total. The van der Waals surface area contributed by atoms with Crippen LogP contribution in [0.25, 0.3) is 0 Å². The molecular formula is C16H22FNO3. The van der Waals surface area contributed by atoms with E-state index in [0.29, 0.717) is 26.2 Å². The van der Waals surface area contributed by atoms with E-state index >= 15 is 0 Å². The summed E-state index contributed by atoms with van der Waals surface area (Å²) in [6.07, 6.45) is 0.684. The van der Waals surface area contributed by atoms with E-state index in [1.54, 1.807) is 12.1 Å². The van der Waals surface area contributed by atoms with Crippen molar-refractivity contribution in [2.24, 2.45) is 5.92 Å². The molecule has 5 heteroatoms. The van der Waals surface area contributed by atoms with Gasteiger partial charge in [-0.25, -0.2) is 4.39 Å². The maximum Gasteiger partial charge on any atom is 0.254 e. The third-order valence-corrected chi connectivity index (χ3v) is 3.59. The smallest absolute Gasteiger partial charge is 0.254 e. The van der Waals surface area contributed by atoms with Gasteiger partial charge in [0.15, 0.2) is 5.79 Å². The molecule has 1 aromatic carbocycles. The molecule has 1 atom stereocenters. The molecule has 0 aliphatic carbocycles. The molecule has 0 saturated carbocycles. The Balaban J connectivity index is 1.87. The van der Waals surface area contributed by atoms with Crippen LogP contribution in [-0.2, 0) is 9.47 Å². The van der Waals surface area contributed by atoms with Crippen LogP contribution in [-0.4, -0.2) is 31.5 Å². The quantitative estimate of drug-likeness (QED) is 0.908. The standard InChI is InChI=1S/C16H22FNO3/c1-11-4-5-14(17)13(8-11)15(19)18-10-12(2)9-16(3)20-6-7-21-16/h4-5,8,12H,6-7,9-10H2,1-3H3,(H,18,19). The van der Waals surface area contributed by atoms with Crippen molar-refractivity contribution in [3.63, 3.8) is 0 Å². The Hall–Kier alpha value is -1.46. The Morgan fingerprint density at radius 3 is 2.76 bits per heavy atom. The maximum atomic E-state index is 13.6. The number of benzene rings is 1. The van der Waals surface area contributed by atoms with Gasteiger partial charge in [-0.2, -0.15) is 0 Å². The highest BCUT2D eigenvalue weighted by atomic mass is 19.1. The predicted molar refractivity (Wildman–Crippen MR) is 77.6 cm³/mol. The lowest BCUT2D eigenvalue weighted by atomic mass is 10.0. The van der Waals surface area contributed by atoms with Crippen molar-refractivity contribution < 1.29 is 18.7 Å². The van der Waals surface area contributed by atoms with Gasteiger partial charge in [-0.1, -0.05) is 18.6 Å². The third kappa shape index (κ3) is 4.25. The van der Waals surface area contributed by atoms with Gasteiger partial charge < -0.3 is 14.8 Å². The normalized spacial score (nSPS) is 18.5. The van der Waals surface area contributed by atoms with Gasteiger partial charge in [-0.15, -0.1) is 0 Å². The van der Waals surface area contributed by atoms with Crippen LogP contribution in [0.4, 0.5) is 4.39 Å². The second kappa shape index (κ2) is 6.54. The van der Waals surface area contributed by atoms with Crippen LogP contribution in [0.5, 0.6) is 0 Å². The Morgan fingerprint density at radius 2 is 2.10 bits per heavy atom. The average molecular weight is 295 g/mol. The lowest BCUT2D eigenvalue weighted by Gasteiger charge is -2.26. The number of hydrogen-bond donors (Lipinski definition) is 1. The van der Waals surface area contributed by atoms with Gasteiger partial charge in [-0.3, -0.25) is 4.79 Å². The van der Waals surface area contributed by atoms with E-state index < -0.39 is 11.6 Å². The first kappa shape index (κ1) is 15.9. The fourth-order valence-corrected chi connectivity index (χ4v) is 2.56. The summed E-state index contributed by atoms with van der Waals surface area (Å²) in [7, 11) is 0. The van der Waals surface area contributed by atoms with Gasteiger partial charge in [0, 0.05) is 13.0 Å². The summed E-state index contributed by atoms with van der Waals surface area (Å²) in [5.41, 5.74) is 0.941.